The number of H-pyrrole nitrogens is 3. The van der Waals surface area contributed by atoms with Gasteiger partial charge in [0.05, 0.1) is 18.5 Å². The Morgan fingerprint density at radius 2 is 1.71 bits per heavy atom. The Balaban J connectivity index is 1.44. The summed E-state index contributed by atoms with van der Waals surface area (Å²) in [6.07, 6.45) is 16.4. The summed E-state index contributed by atoms with van der Waals surface area (Å²) in [7, 11) is 1.35. The van der Waals surface area contributed by atoms with Crippen LogP contribution >= 0.6 is 0 Å². The highest BCUT2D eigenvalue weighted by molar-refractivity contribution is 5.95. The minimum absolute atomic E-state index is 0.0180. The van der Waals surface area contributed by atoms with E-state index < -0.39 is 17.9 Å². The average molecular weight is 749 g/mol. The van der Waals surface area contributed by atoms with Crippen molar-refractivity contribution in [2.75, 3.05) is 13.7 Å². The largest absolute Gasteiger partial charge is 0.510 e. The Bertz CT molecular complexity index is 2310. The van der Waals surface area contributed by atoms with Gasteiger partial charge >= 0.3 is 11.9 Å². The van der Waals surface area contributed by atoms with E-state index in [9.17, 15) is 14.7 Å². The molecule has 5 atom stereocenters. The van der Waals surface area contributed by atoms with E-state index in [1.54, 1.807) is 0 Å². The maximum atomic E-state index is 13.6. The van der Waals surface area contributed by atoms with Crippen LogP contribution < -0.4 is 26.6 Å². The summed E-state index contributed by atoms with van der Waals surface area (Å²) >= 11 is 0. The molecule has 0 aromatic carbocycles. The number of aromatic nitrogens is 3. The lowest BCUT2D eigenvalue weighted by molar-refractivity contribution is -0.143. The summed E-state index contributed by atoms with van der Waals surface area (Å²) < 4.78 is 11.1. The van der Waals surface area contributed by atoms with Crippen molar-refractivity contribution in [3.63, 3.8) is 0 Å². The molecule has 9 nitrogen and oxygen atoms in total. The van der Waals surface area contributed by atoms with Gasteiger partial charge in [-0.2, -0.15) is 0 Å². The monoisotopic (exact) mass is 748 g/mol. The van der Waals surface area contributed by atoms with Crippen molar-refractivity contribution >= 4 is 47.6 Å². The zero-order valence-electron chi connectivity index (χ0n) is 34.2. The topological polar surface area (TPSA) is 132 Å². The Kier molecular flexibility index (Phi) is 11.9. The summed E-state index contributed by atoms with van der Waals surface area (Å²) in [6, 6.07) is -0.390. The lowest BCUT2D eigenvalue weighted by Crippen LogP contribution is -2.38. The van der Waals surface area contributed by atoms with E-state index in [0.29, 0.717) is 11.6 Å². The fourth-order valence-electron chi connectivity index (χ4n) is 8.95. The van der Waals surface area contributed by atoms with Crippen molar-refractivity contribution in [3.05, 3.63) is 90.1 Å². The van der Waals surface area contributed by atoms with E-state index >= 15 is 0 Å². The van der Waals surface area contributed by atoms with E-state index in [4.69, 9.17) is 9.47 Å². The van der Waals surface area contributed by atoms with Gasteiger partial charge in [-0.25, -0.2) is 0 Å². The van der Waals surface area contributed by atoms with Gasteiger partial charge in [0, 0.05) is 56.6 Å². The molecule has 2 aliphatic heterocycles. The van der Waals surface area contributed by atoms with E-state index in [1.807, 2.05) is 19.1 Å². The number of rotatable bonds is 13. The molecule has 5 heterocycles. The van der Waals surface area contributed by atoms with Crippen molar-refractivity contribution in [1.82, 2.24) is 20.3 Å². The number of hydrogen-bond donors (Lipinski definition) is 5. The summed E-state index contributed by atoms with van der Waals surface area (Å²) in [5, 5.41) is 19.0. The van der Waals surface area contributed by atoms with Crippen molar-refractivity contribution in [2.45, 2.75) is 106 Å². The van der Waals surface area contributed by atoms with Gasteiger partial charge in [0.15, 0.2) is 0 Å². The van der Waals surface area contributed by atoms with E-state index in [2.05, 4.69) is 93.5 Å². The predicted octanol–water partition coefficient (Wildman–Crippen LogP) is 6.14. The van der Waals surface area contributed by atoms with Gasteiger partial charge in [-0.3, -0.25) is 9.59 Å². The number of methoxy groups -OCH3 is 1. The second-order valence-electron chi connectivity index (χ2n) is 16.0. The van der Waals surface area contributed by atoms with Gasteiger partial charge in [-0.05, 0) is 117 Å². The van der Waals surface area contributed by atoms with Crippen molar-refractivity contribution in [1.29, 1.82) is 0 Å². The third-order valence-electron chi connectivity index (χ3n) is 12.6. The quantitative estimate of drug-likeness (QED) is 0.105. The molecule has 1 aliphatic carbocycles. The second kappa shape index (κ2) is 16.4. The molecule has 9 heteroatoms. The van der Waals surface area contributed by atoms with Gasteiger partial charge in [0.2, 0.25) is 0 Å². The second-order valence-corrected chi connectivity index (χ2v) is 16.0. The number of allylic oxidation sites excluding steroid dienone is 2. The number of fused-ring (bicyclic) bond motifs is 8. The molecule has 0 radical (unpaired) electrons. The van der Waals surface area contributed by atoms with Gasteiger partial charge < -0.3 is 34.8 Å². The summed E-state index contributed by atoms with van der Waals surface area (Å²) in [5.41, 5.74) is 11.0. The first-order valence-electron chi connectivity index (χ1n) is 20.1. The fourth-order valence-corrected chi connectivity index (χ4v) is 8.95. The number of carbonyl (C=O) groups excluding carboxylic acids is 2. The number of ether oxygens (including phenoxy) is 2. The molecule has 3 aliphatic rings. The average Bonchev–Trinajstić information content (AvgIpc) is 3.90. The molecule has 3 aromatic heterocycles. The van der Waals surface area contributed by atoms with E-state index in [-0.39, 0.29) is 36.6 Å². The SMILES string of the molecule is C=Cc1c2[nH]c(c1C)/C=C1\NC(C3=c4[nH]c(c(C)c4=C(O)[C@@H]3C(=O)OC)/C=c3\[nH]/c(c(C)c3CC)=C\2)[C@@H](CCC(=O)OC/C=C(/C)CCC[C@@H](C)CC)[C@@H]1C. The van der Waals surface area contributed by atoms with Crippen LogP contribution in [0.25, 0.3) is 35.6 Å². The van der Waals surface area contributed by atoms with Crippen LogP contribution in [0.5, 0.6) is 0 Å². The molecule has 8 bridgehead atoms. The molecule has 1 fully saturated rings. The number of carbonyl (C=O) groups is 2. The van der Waals surface area contributed by atoms with Crippen molar-refractivity contribution in [2.24, 2.45) is 23.7 Å². The highest BCUT2D eigenvalue weighted by Gasteiger charge is 2.47. The fraction of sp³-hybridized carbons (Fsp3) is 0.478. The molecule has 1 saturated heterocycles. The van der Waals surface area contributed by atoms with Crippen LogP contribution in [0.4, 0.5) is 0 Å². The maximum absolute atomic E-state index is 13.6. The molecule has 294 valence electrons. The number of aromatic amines is 3. The summed E-state index contributed by atoms with van der Waals surface area (Å²) in [5.74, 6) is -1.20. The summed E-state index contributed by atoms with van der Waals surface area (Å²) in [6.45, 7) is 21.6. The highest BCUT2D eigenvalue weighted by atomic mass is 16.5. The van der Waals surface area contributed by atoms with Crippen LogP contribution in [-0.4, -0.2) is 51.8 Å². The Morgan fingerprint density at radius 1 is 0.982 bits per heavy atom. The molecule has 55 heavy (non-hydrogen) atoms. The lowest BCUT2D eigenvalue weighted by Gasteiger charge is -2.26. The van der Waals surface area contributed by atoms with E-state index in [1.165, 1.54) is 36.7 Å². The van der Waals surface area contributed by atoms with E-state index in [0.717, 1.165) is 86.3 Å². The van der Waals surface area contributed by atoms with Gasteiger partial charge in [-0.15, -0.1) is 0 Å². The van der Waals surface area contributed by atoms with Crippen LogP contribution in [0.2, 0.25) is 0 Å². The molecule has 0 amide bonds. The Morgan fingerprint density at radius 3 is 2.40 bits per heavy atom. The zero-order chi connectivity index (χ0) is 39.7. The van der Waals surface area contributed by atoms with Gasteiger partial charge in [-0.1, -0.05) is 58.8 Å². The number of aliphatic hydroxyl groups is 1. The van der Waals surface area contributed by atoms with Gasteiger partial charge in [0.1, 0.15) is 18.3 Å². The first kappa shape index (κ1) is 39.8. The Labute approximate surface area is 325 Å². The van der Waals surface area contributed by atoms with Crippen LogP contribution in [0.1, 0.15) is 118 Å². The molecule has 6 rings (SSSR count). The van der Waals surface area contributed by atoms with Crippen LogP contribution in [-0.2, 0) is 25.5 Å². The molecular weight excluding hydrogens is 689 g/mol. The summed E-state index contributed by atoms with van der Waals surface area (Å²) in [4.78, 5) is 37.8. The molecule has 0 spiro atoms. The molecule has 0 saturated carbocycles. The van der Waals surface area contributed by atoms with Crippen LogP contribution in [0, 0.1) is 44.4 Å². The van der Waals surface area contributed by atoms with Crippen LogP contribution in [0.3, 0.4) is 0 Å². The minimum atomic E-state index is -0.990. The Hall–Kier alpha value is -4.92. The smallest absolute Gasteiger partial charge is 0.320 e. The molecule has 5 N–H and O–H groups in total. The van der Waals surface area contributed by atoms with Gasteiger partial charge in [0.25, 0.3) is 0 Å². The number of hydrogen-bond acceptors (Lipinski definition) is 6. The molecule has 3 aromatic rings. The minimum Gasteiger partial charge on any atom is -0.510 e. The lowest BCUT2D eigenvalue weighted by atomic mass is 9.80. The zero-order valence-corrected chi connectivity index (χ0v) is 34.2. The normalized spacial score (nSPS) is 22.9. The first-order valence-corrected chi connectivity index (χ1v) is 20.1. The predicted molar refractivity (Wildman–Crippen MR) is 221 cm³/mol. The third kappa shape index (κ3) is 7.54. The first-order chi connectivity index (χ1) is 26.3. The molecule has 1 unspecified atom stereocenters. The number of esters is 2. The standard InChI is InChI=1S/C46H60N4O5/c1-11-24(4)15-14-16-25(5)19-20-55-39(51)18-17-32-28(8)35-21-33-26(6)30(12-2)37(47-33)22-34-27(7)31(13-3)38(48-34)23-36-29(9)40-44(50-36)41(43(32)49-35)42(45(40)52)46(53)54-10/h12,19,21-24,28,32,42-43,47-50,52H,2,11,13-18,20H2,1,3-10H3/b25-19-,34-22-,35-21-,38-23-/t24-,28-,32-,42+,43?/m0/s1. The number of aliphatic hydroxyl groups excluding tert-OH is 1. The third-order valence-corrected chi connectivity index (χ3v) is 12.6. The maximum Gasteiger partial charge on any atom is 0.320 e. The molecular formula is C46H60N4O5. The highest BCUT2D eigenvalue weighted by Crippen LogP contribution is 2.42. The van der Waals surface area contributed by atoms with Crippen molar-refractivity contribution < 1.29 is 24.2 Å². The van der Waals surface area contributed by atoms with Crippen molar-refractivity contribution in [3.8, 4) is 0 Å². The number of nitrogens with one attached hydrogen (secondary N) is 4. The van der Waals surface area contributed by atoms with Crippen LogP contribution in [0.15, 0.2) is 23.9 Å².